The SMILES string of the molecule is CC(C)CCS(=O)(=O)Nc1ccc(CC#N)cc1. The van der Waals surface area contributed by atoms with Crippen molar-refractivity contribution in [3.8, 4) is 6.07 Å². The third-order valence-corrected chi connectivity index (χ3v) is 3.79. The van der Waals surface area contributed by atoms with E-state index in [9.17, 15) is 8.42 Å². The number of nitrogens with zero attached hydrogens (tertiary/aromatic N) is 1. The molecule has 1 aromatic carbocycles. The topological polar surface area (TPSA) is 70.0 Å². The van der Waals surface area contributed by atoms with E-state index in [1.165, 1.54) is 0 Å². The lowest BCUT2D eigenvalue weighted by Gasteiger charge is -2.09. The number of anilines is 1. The first-order valence-electron chi connectivity index (χ1n) is 5.89. The number of hydrogen-bond acceptors (Lipinski definition) is 3. The molecule has 0 aromatic heterocycles. The molecule has 98 valence electrons. The zero-order valence-corrected chi connectivity index (χ0v) is 11.5. The van der Waals surface area contributed by atoms with E-state index in [0.717, 1.165) is 5.56 Å². The highest BCUT2D eigenvalue weighted by atomic mass is 32.2. The van der Waals surface area contributed by atoms with E-state index in [1.807, 2.05) is 19.9 Å². The molecule has 0 unspecified atom stereocenters. The molecule has 0 spiro atoms. The van der Waals surface area contributed by atoms with Crippen molar-refractivity contribution in [1.82, 2.24) is 0 Å². The maximum Gasteiger partial charge on any atom is 0.232 e. The summed E-state index contributed by atoms with van der Waals surface area (Å²) in [7, 11) is -3.27. The lowest BCUT2D eigenvalue weighted by molar-refractivity contribution is 0.578. The van der Waals surface area contributed by atoms with Gasteiger partial charge in [0.25, 0.3) is 0 Å². The van der Waals surface area contributed by atoms with E-state index in [0.29, 0.717) is 24.4 Å². The molecular formula is C13H18N2O2S. The maximum absolute atomic E-state index is 11.8. The van der Waals surface area contributed by atoms with Crippen LogP contribution in [-0.4, -0.2) is 14.2 Å². The van der Waals surface area contributed by atoms with Gasteiger partial charge in [0.15, 0.2) is 0 Å². The van der Waals surface area contributed by atoms with E-state index in [1.54, 1.807) is 24.3 Å². The molecule has 5 heteroatoms. The summed E-state index contributed by atoms with van der Waals surface area (Å²) in [5.74, 6) is 0.490. The van der Waals surface area contributed by atoms with Crippen LogP contribution in [0.15, 0.2) is 24.3 Å². The van der Waals surface area contributed by atoms with E-state index in [2.05, 4.69) is 4.72 Å². The van der Waals surface area contributed by atoms with Gasteiger partial charge >= 0.3 is 0 Å². The van der Waals surface area contributed by atoms with Gasteiger partial charge in [-0.15, -0.1) is 0 Å². The average Bonchev–Trinajstić information content (AvgIpc) is 2.29. The molecule has 0 bridgehead atoms. The number of nitrogens with one attached hydrogen (secondary N) is 1. The second-order valence-electron chi connectivity index (χ2n) is 4.64. The van der Waals surface area contributed by atoms with E-state index >= 15 is 0 Å². The third kappa shape index (κ3) is 5.19. The normalized spacial score (nSPS) is 11.2. The van der Waals surface area contributed by atoms with Gasteiger partial charge in [-0.2, -0.15) is 5.26 Å². The van der Waals surface area contributed by atoms with Crippen LogP contribution in [0.2, 0.25) is 0 Å². The fourth-order valence-electron chi connectivity index (χ4n) is 1.40. The van der Waals surface area contributed by atoms with Crippen LogP contribution in [0.4, 0.5) is 5.69 Å². The van der Waals surface area contributed by atoms with Crippen LogP contribution in [0, 0.1) is 17.2 Å². The molecule has 0 aliphatic carbocycles. The lowest BCUT2D eigenvalue weighted by atomic mass is 10.1. The summed E-state index contributed by atoms with van der Waals surface area (Å²) in [5, 5.41) is 8.54. The highest BCUT2D eigenvalue weighted by molar-refractivity contribution is 7.92. The van der Waals surface area contributed by atoms with Gasteiger partial charge in [-0.3, -0.25) is 4.72 Å². The summed E-state index contributed by atoms with van der Waals surface area (Å²) in [5.41, 5.74) is 1.42. The van der Waals surface area contributed by atoms with Crippen molar-refractivity contribution in [3.05, 3.63) is 29.8 Å². The summed E-state index contributed by atoms with van der Waals surface area (Å²) in [6.45, 7) is 3.98. The molecule has 0 atom stereocenters. The smallest absolute Gasteiger partial charge is 0.232 e. The van der Waals surface area contributed by atoms with Gasteiger partial charge in [0.05, 0.1) is 18.2 Å². The molecule has 4 nitrogen and oxygen atoms in total. The highest BCUT2D eigenvalue weighted by Gasteiger charge is 2.11. The van der Waals surface area contributed by atoms with Gasteiger partial charge in [-0.1, -0.05) is 26.0 Å². The number of benzene rings is 1. The van der Waals surface area contributed by atoms with Crippen molar-refractivity contribution in [1.29, 1.82) is 5.26 Å². The minimum absolute atomic E-state index is 0.130. The standard InChI is InChI=1S/C13H18N2O2S/c1-11(2)8-10-18(16,17)15-13-5-3-12(4-6-13)7-9-14/h3-6,11,15H,7-8,10H2,1-2H3. The second kappa shape index (κ2) is 6.41. The first kappa shape index (κ1) is 14.5. The quantitative estimate of drug-likeness (QED) is 0.860. The summed E-state index contributed by atoms with van der Waals surface area (Å²) in [4.78, 5) is 0. The first-order chi connectivity index (χ1) is 8.43. The predicted molar refractivity (Wildman–Crippen MR) is 72.6 cm³/mol. The Hall–Kier alpha value is -1.54. The van der Waals surface area contributed by atoms with Crippen molar-refractivity contribution < 1.29 is 8.42 Å². The predicted octanol–water partition coefficient (Wildman–Crippen LogP) is 2.54. The monoisotopic (exact) mass is 266 g/mol. The Morgan fingerprint density at radius 1 is 1.28 bits per heavy atom. The van der Waals surface area contributed by atoms with Gasteiger partial charge < -0.3 is 0 Å². The maximum atomic E-state index is 11.8. The zero-order valence-electron chi connectivity index (χ0n) is 10.7. The van der Waals surface area contributed by atoms with Crippen LogP contribution in [0.25, 0.3) is 0 Å². The largest absolute Gasteiger partial charge is 0.284 e. The fourth-order valence-corrected chi connectivity index (χ4v) is 2.78. The molecule has 1 rings (SSSR count). The molecule has 0 saturated carbocycles. The lowest BCUT2D eigenvalue weighted by Crippen LogP contribution is -2.17. The van der Waals surface area contributed by atoms with Crippen LogP contribution in [0.1, 0.15) is 25.8 Å². The molecule has 0 radical (unpaired) electrons. The van der Waals surface area contributed by atoms with Crippen molar-refractivity contribution in [3.63, 3.8) is 0 Å². The summed E-state index contributed by atoms with van der Waals surface area (Å²) < 4.78 is 26.0. The fraction of sp³-hybridized carbons (Fsp3) is 0.462. The van der Waals surface area contributed by atoms with E-state index < -0.39 is 10.0 Å². The molecule has 0 aliphatic rings. The van der Waals surface area contributed by atoms with Gasteiger partial charge in [-0.25, -0.2) is 8.42 Å². The Morgan fingerprint density at radius 3 is 2.39 bits per heavy atom. The molecule has 0 amide bonds. The Balaban J connectivity index is 2.64. The number of sulfonamides is 1. The molecular weight excluding hydrogens is 248 g/mol. The van der Waals surface area contributed by atoms with Crippen LogP contribution in [0.5, 0.6) is 0 Å². The zero-order chi connectivity index (χ0) is 13.6. The van der Waals surface area contributed by atoms with Crippen molar-refractivity contribution >= 4 is 15.7 Å². The van der Waals surface area contributed by atoms with Crippen LogP contribution in [0.3, 0.4) is 0 Å². The Bertz CT molecular complexity index is 513. The van der Waals surface area contributed by atoms with Crippen LogP contribution < -0.4 is 4.72 Å². The molecule has 0 saturated heterocycles. The molecule has 18 heavy (non-hydrogen) atoms. The Kier molecular flexibility index (Phi) is 5.17. The highest BCUT2D eigenvalue weighted by Crippen LogP contribution is 2.13. The van der Waals surface area contributed by atoms with Gasteiger partial charge in [0.2, 0.25) is 10.0 Å². The van der Waals surface area contributed by atoms with Crippen molar-refractivity contribution in [2.45, 2.75) is 26.7 Å². The van der Waals surface area contributed by atoms with E-state index in [-0.39, 0.29) is 5.75 Å². The molecule has 0 aliphatic heterocycles. The summed E-state index contributed by atoms with van der Waals surface area (Å²) >= 11 is 0. The Morgan fingerprint density at radius 2 is 1.89 bits per heavy atom. The number of rotatable bonds is 6. The first-order valence-corrected chi connectivity index (χ1v) is 7.54. The van der Waals surface area contributed by atoms with Gasteiger partial charge in [0, 0.05) is 5.69 Å². The third-order valence-electron chi connectivity index (χ3n) is 2.47. The molecule has 0 fully saturated rings. The van der Waals surface area contributed by atoms with Gasteiger partial charge in [0.1, 0.15) is 0 Å². The second-order valence-corrected chi connectivity index (χ2v) is 6.48. The summed E-state index contributed by atoms with van der Waals surface area (Å²) in [6.07, 6.45) is 0.974. The Labute approximate surface area is 109 Å². The van der Waals surface area contributed by atoms with E-state index in [4.69, 9.17) is 5.26 Å². The van der Waals surface area contributed by atoms with Gasteiger partial charge in [-0.05, 0) is 30.0 Å². The van der Waals surface area contributed by atoms with Crippen molar-refractivity contribution in [2.24, 2.45) is 5.92 Å². The minimum atomic E-state index is -3.27. The molecule has 1 aromatic rings. The van der Waals surface area contributed by atoms with Crippen molar-refractivity contribution in [2.75, 3.05) is 10.5 Å². The van der Waals surface area contributed by atoms with Crippen LogP contribution >= 0.6 is 0 Å². The molecule has 0 heterocycles. The minimum Gasteiger partial charge on any atom is -0.284 e. The molecule has 1 N–H and O–H groups in total. The number of hydrogen-bond donors (Lipinski definition) is 1. The van der Waals surface area contributed by atoms with Crippen LogP contribution in [-0.2, 0) is 16.4 Å². The average molecular weight is 266 g/mol. The number of nitriles is 1. The summed E-state index contributed by atoms with van der Waals surface area (Å²) in [6, 6.07) is 8.91.